The molecule has 1 aromatic heterocycles. The van der Waals surface area contributed by atoms with E-state index >= 15 is 0 Å². The van der Waals surface area contributed by atoms with Crippen LogP contribution in [-0.4, -0.2) is 92.3 Å². The molecule has 11 heteroatoms. The lowest BCUT2D eigenvalue weighted by Crippen LogP contribution is -2.58. The van der Waals surface area contributed by atoms with Crippen molar-refractivity contribution in [2.75, 3.05) is 41.3 Å². The van der Waals surface area contributed by atoms with Crippen LogP contribution in [0.2, 0.25) is 0 Å². The van der Waals surface area contributed by atoms with Crippen LogP contribution in [-0.2, 0) is 21.5 Å². The van der Waals surface area contributed by atoms with Gasteiger partial charge in [-0.05, 0) is 87.5 Å². The van der Waals surface area contributed by atoms with E-state index < -0.39 is 21.5 Å². The van der Waals surface area contributed by atoms with Crippen LogP contribution in [0.4, 0.5) is 0 Å². The number of benzene rings is 2. The molecule has 0 bridgehead atoms. The minimum Gasteiger partial charge on any atom is -0.497 e. The van der Waals surface area contributed by atoms with Crippen LogP contribution >= 0.6 is 0 Å². The van der Waals surface area contributed by atoms with Crippen molar-refractivity contribution < 1.29 is 22.7 Å². The van der Waals surface area contributed by atoms with Gasteiger partial charge in [0.2, 0.25) is 5.91 Å². The van der Waals surface area contributed by atoms with Gasteiger partial charge >= 0.3 is 10.2 Å². The zero-order chi connectivity index (χ0) is 33.4. The van der Waals surface area contributed by atoms with Gasteiger partial charge in [-0.2, -0.15) is 12.7 Å². The second kappa shape index (κ2) is 11.6. The molecule has 2 aromatic carbocycles. The van der Waals surface area contributed by atoms with E-state index in [1.807, 2.05) is 18.2 Å². The number of ether oxygens (including phenoxy) is 1. The van der Waals surface area contributed by atoms with Gasteiger partial charge in [0.15, 0.2) is 0 Å². The van der Waals surface area contributed by atoms with Crippen molar-refractivity contribution in [1.29, 1.82) is 0 Å². The van der Waals surface area contributed by atoms with Gasteiger partial charge in [0.25, 0.3) is 5.91 Å². The van der Waals surface area contributed by atoms with E-state index in [1.54, 1.807) is 13.2 Å². The maximum absolute atomic E-state index is 14.8. The van der Waals surface area contributed by atoms with Crippen molar-refractivity contribution in [2.45, 2.75) is 82.8 Å². The summed E-state index contributed by atoms with van der Waals surface area (Å²) in [6.45, 7) is 6.25. The van der Waals surface area contributed by atoms with Crippen molar-refractivity contribution in [1.82, 2.24) is 23.4 Å². The van der Waals surface area contributed by atoms with Gasteiger partial charge in [0, 0.05) is 73.8 Å². The number of amides is 2. The van der Waals surface area contributed by atoms with Gasteiger partial charge in [-0.3, -0.25) is 14.5 Å². The molecule has 3 heterocycles. The molecule has 0 unspecified atom stereocenters. The number of rotatable bonds is 6. The molecule has 4 atom stereocenters. The summed E-state index contributed by atoms with van der Waals surface area (Å²) in [6.07, 6.45) is 6.49. The Morgan fingerprint density at radius 3 is 2.36 bits per heavy atom. The maximum atomic E-state index is 14.8. The molecule has 3 aromatic rings. The summed E-state index contributed by atoms with van der Waals surface area (Å²) >= 11 is 0. The molecule has 252 valence electrons. The van der Waals surface area contributed by atoms with E-state index in [9.17, 15) is 18.0 Å². The number of hydrogen-bond acceptors (Lipinski definition) is 6. The molecule has 4 aliphatic rings. The number of nitrogens with one attached hydrogen (secondary N) is 1. The minimum atomic E-state index is -3.97. The first-order chi connectivity index (χ1) is 22.4. The van der Waals surface area contributed by atoms with Gasteiger partial charge < -0.3 is 14.2 Å². The Morgan fingerprint density at radius 2 is 1.70 bits per heavy atom. The summed E-state index contributed by atoms with van der Waals surface area (Å²) in [5.74, 6) is 0.708. The SMILES string of the molecule is COc1ccc2c(c1)[C@@H]1C[C@]1(C(=O)N1C[C@@H](C)N(C)[C@@H](C)C1)Cn1c-2c(C2CCCCC2)c2ccc(C(=O)NS(=O)(=O)N(C)C)cc21. The van der Waals surface area contributed by atoms with E-state index in [-0.39, 0.29) is 29.5 Å². The lowest BCUT2D eigenvalue weighted by Gasteiger charge is -2.43. The van der Waals surface area contributed by atoms with Crippen LogP contribution in [0.1, 0.15) is 85.7 Å². The molecule has 2 saturated carbocycles. The summed E-state index contributed by atoms with van der Waals surface area (Å²) in [7, 11) is 2.62. The number of aromatic nitrogens is 1. The quantitative estimate of drug-likeness (QED) is 0.402. The Kier molecular flexibility index (Phi) is 7.96. The molecular weight excluding hydrogens is 614 g/mol. The zero-order valence-electron chi connectivity index (χ0n) is 28.4. The molecule has 1 N–H and O–H groups in total. The Labute approximate surface area is 278 Å². The Balaban J connectivity index is 1.42. The topological polar surface area (TPSA) is 104 Å². The van der Waals surface area contributed by atoms with Crippen molar-refractivity contribution in [3.8, 4) is 17.0 Å². The highest BCUT2D eigenvalue weighted by molar-refractivity contribution is 7.87. The second-order valence-corrected chi connectivity index (χ2v) is 16.5. The number of nitrogens with zero attached hydrogens (tertiary/aromatic N) is 4. The number of methoxy groups -OCH3 is 1. The number of hydrogen-bond donors (Lipinski definition) is 1. The van der Waals surface area contributed by atoms with Gasteiger partial charge in [-0.25, -0.2) is 4.72 Å². The van der Waals surface area contributed by atoms with Crippen LogP contribution < -0.4 is 9.46 Å². The third-order valence-corrected chi connectivity index (χ3v) is 13.0. The van der Waals surface area contributed by atoms with E-state index in [4.69, 9.17) is 4.74 Å². The summed E-state index contributed by atoms with van der Waals surface area (Å²) in [5, 5.41) is 1.07. The van der Waals surface area contributed by atoms with E-state index in [1.165, 1.54) is 38.9 Å². The maximum Gasteiger partial charge on any atom is 0.303 e. The van der Waals surface area contributed by atoms with Crippen molar-refractivity contribution >= 4 is 32.9 Å². The highest BCUT2D eigenvalue weighted by Crippen LogP contribution is 2.66. The Morgan fingerprint density at radius 1 is 1.00 bits per heavy atom. The molecule has 10 nitrogen and oxygen atoms in total. The minimum absolute atomic E-state index is 0.0521. The van der Waals surface area contributed by atoms with Crippen molar-refractivity contribution in [3.05, 3.63) is 53.1 Å². The van der Waals surface area contributed by atoms with E-state index in [0.717, 1.165) is 57.0 Å². The molecule has 0 spiro atoms. The molecule has 2 aliphatic carbocycles. The monoisotopic (exact) mass is 661 g/mol. The fourth-order valence-electron chi connectivity index (χ4n) is 8.57. The molecule has 2 amide bonds. The van der Waals surface area contributed by atoms with Crippen molar-refractivity contribution in [3.63, 3.8) is 0 Å². The first-order valence-corrected chi connectivity index (χ1v) is 18.4. The predicted molar refractivity (Wildman–Crippen MR) is 183 cm³/mol. The van der Waals surface area contributed by atoms with Gasteiger partial charge in [0.05, 0.1) is 18.2 Å². The number of carbonyl (C=O) groups is 2. The summed E-state index contributed by atoms with van der Waals surface area (Å²) in [5.41, 5.74) is 5.21. The van der Waals surface area contributed by atoms with Crippen LogP contribution in [0.25, 0.3) is 22.2 Å². The van der Waals surface area contributed by atoms with Crippen LogP contribution in [0.15, 0.2) is 36.4 Å². The third-order valence-electron chi connectivity index (χ3n) is 11.6. The van der Waals surface area contributed by atoms with E-state index in [2.05, 4.69) is 52.1 Å². The normalized spacial score (nSPS) is 26.4. The van der Waals surface area contributed by atoms with Gasteiger partial charge in [0.1, 0.15) is 5.75 Å². The number of piperazine rings is 1. The highest BCUT2D eigenvalue weighted by Gasteiger charge is 2.64. The lowest BCUT2D eigenvalue weighted by molar-refractivity contribution is -0.141. The third kappa shape index (κ3) is 5.25. The molecule has 3 fully saturated rings. The fraction of sp³-hybridized carbons (Fsp3) is 0.556. The summed E-state index contributed by atoms with van der Waals surface area (Å²) in [4.78, 5) is 32.6. The number of carbonyl (C=O) groups excluding carboxylic acids is 2. The van der Waals surface area contributed by atoms with Crippen LogP contribution in [0.3, 0.4) is 0 Å². The highest BCUT2D eigenvalue weighted by atomic mass is 32.2. The van der Waals surface area contributed by atoms with Crippen molar-refractivity contribution in [2.24, 2.45) is 5.41 Å². The molecule has 47 heavy (non-hydrogen) atoms. The zero-order valence-corrected chi connectivity index (χ0v) is 29.2. The number of likely N-dealkylation sites (N-methyl/N-ethyl adjacent to an activating group) is 1. The predicted octanol–water partition coefficient (Wildman–Crippen LogP) is 4.94. The van der Waals surface area contributed by atoms with Crippen LogP contribution in [0.5, 0.6) is 5.75 Å². The molecule has 2 aliphatic heterocycles. The molecular formula is C36H47N5O5S. The Bertz CT molecular complexity index is 1850. The van der Waals surface area contributed by atoms with Gasteiger partial charge in [-0.15, -0.1) is 0 Å². The largest absolute Gasteiger partial charge is 0.497 e. The van der Waals surface area contributed by atoms with Crippen LogP contribution in [0, 0.1) is 5.41 Å². The number of fused-ring (bicyclic) bond motifs is 7. The first kappa shape index (κ1) is 32.2. The second-order valence-electron chi connectivity index (χ2n) is 14.6. The fourth-order valence-corrected chi connectivity index (χ4v) is 9.11. The molecule has 1 saturated heterocycles. The molecule has 7 rings (SSSR count). The van der Waals surface area contributed by atoms with E-state index in [0.29, 0.717) is 25.6 Å². The Hall–Kier alpha value is -3.41. The summed E-state index contributed by atoms with van der Waals surface area (Å²) in [6, 6.07) is 12.4. The summed E-state index contributed by atoms with van der Waals surface area (Å²) < 4.78 is 36.4. The average Bonchev–Trinajstić information content (AvgIpc) is 3.72. The first-order valence-electron chi connectivity index (χ1n) is 17.0. The van der Waals surface area contributed by atoms with Gasteiger partial charge in [-0.1, -0.05) is 25.3 Å². The standard InChI is InChI=1S/C36H47N5O5S/c1-22-19-40(20-23(2)39(22)5)35(43)36-18-30(36)29-17-26(46-6)13-15-27(29)33-32(24-10-8-7-9-11-24)28-14-12-25(16-31(28)41(33)21-36)34(42)37-47(44,45)38(3)4/h12-17,22-24,30H,7-11,18-21H2,1-6H3,(H,37,42)/t22-,23+,30-,36-/m0/s1. The smallest absolute Gasteiger partial charge is 0.303 e. The lowest BCUT2D eigenvalue weighted by atomic mass is 9.81. The average molecular weight is 662 g/mol. The molecule has 0 radical (unpaired) electrons.